The van der Waals surface area contributed by atoms with Gasteiger partial charge in [-0.05, 0) is 23.8 Å². The average molecular weight is 233 g/mol. The lowest BCUT2D eigenvalue weighted by Gasteiger charge is -2.22. The fourth-order valence-electron chi connectivity index (χ4n) is 2.27. The first kappa shape index (κ1) is 10.7. The van der Waals surface area contributed by atoms with Gasteiger partial charge in [-0.2, -0.15) is 0 Å². The minimum atomic E-state index is -0.205. The number of ether oxygens (including phenoxy) is 2. The second-order valence-electron chi connectivity index (χ2n) is 4.37. The Kier molecular flexibility index (Phi) is 2.82. The number of morpholine rings is 1. The molecule has 1 N–H and O–H groups in total. The maximum absolute atomic E-state index is 12.2. The van der Waals surface area contributed by atoms with E-state index in [1.54, 1.807) is 0 Å². The first-order chi connectivity index (χ1) is 8.34. The highest BCUT2D eigenvalue weighted by molar-refractivity contribution is 6.00. The summed E-state index contributed by atoms with van der Waals surface area (Å²) in [4.78, 5) is 12.2. The molecule has 3 rings (SSSR count). The van der Waals surface area contributed by atoms with Crippen LogP contribution in [0.1, 0.15) is 15.9 Å². The van der Waals surface area contributed by atoms with Gasteiger partial charge in [-0.1, -0.05) is 0 Å². The minimum absolute atomic E-state index is 0.111. The van der Waals surface area contributed by atoms with Crippen LogP contribution in [0.25, 0.3) is 0 Å². The number of benzene rings is 1. The summed E-state index contributed by atoms with van der Waals surface area (Å²) in [6, 6.07) is 5.47. The van der Waals surface area contributed by atoms with E-state index in [2.05, 4.69) is 5.32 Å². The Morgan fingerprint density at radius 3 is 3.12 bits per heavy atom. The summed E-state index contributed by atoms with van der Waals surface area (Å²) in [7, 11) is 0. The van der Waals surface area contributed by atoms with Crippen molar-refractivity contribution >= 4 is 5.78 Å². The number of hydrogen-bond acceptors (Lipinski definition) is 4. The van der Waals surface area contributed by atoms with E-state index in [-0.39, 0.29) is 11.8 Å². The second-order valence-corrected chi connectivity index (χ2v) is 4.37. The van der Waals surface area contributed by atoms with E-state index in [4.69, 9.17) is 9.47 Å². The van der Waals surface area contributed by atoms with Gasteiger partial charge < -0.3 is 14.8 Å². The van der Waals surface area contributed by atoms with Crippen LogP contribution in [-0.2, 0) is 11.2 Å². The zero-order valence-electron chi connectivity index (χ0n) is 9.57. The molecule has 17 heavy (non-hydrogen) atoms. The van der Waals surface area contributed by atoms with Crippen molar-refractivity contribution in [3.05, 3.63) is 29.3 Å². The monoisotopic (exact) mass is 233 g/mol. The summed E-state index contributed by atoms with van der Waals surface area (Å²) in [6.07, 6.45) is 0.894. The third kappa shape index (κ3) is 2.06. The fraction of sp³-hybridized carbons (Fsp3) is 0.462. The lowest BCUT2D eigenvalue weighted by Crippen LogP contribution is -2.46. The molecule has 1 atom stereocenters. The van der Waals surface area contributed by atoms with Crippen molar-refractivity contribution in [1.82, 2.24) is 5.32 Å². The van der Waals surface area contributed by atoms with Crippen LogP contribution in [0.15, 0.2) is 18.2 Å². The number of hydrogen-bond donors (Lipinski definition) is 1. The predicted octanol–water partition coefficient (Wildman–Crippen LogP) is 0.793. The summed E-state index contributed by atoms with van der Waals surface area (Å²) in [5.41, 5.74) is 1.88. The largest absolute Gasteiger partial charge is 0.493 e. The molecule has 0 amide bonds. The van der Waals surface area contributed by atoms with E-state index in [0.29, 0.717) is 13.2 Å². The Morgan fingerprint density at radius 2 is 2.29 bits per heavy atom. The van der Waals surface area contributed by atoms with E-state index < -0.39 is 0 Å². The number of Topliss-reactive ketones (excluding diaryl/α,β-unsaturated/α-hetero) is 1. The first-order valence-electron chi connectivity index (χ1n) is 5.96. The van der Waals surface area contributed by atoms with Crippen LogP contribution in [0.3, 0.4) is 0 Å². The number of fused-ring (bicyclic) bond motifs is 1. The van der Waals surface area contributed by atoms with Gasteiger partial charge >= 0.3 is 0 Å². The summed E-state index contributed by atoms with van der Waals surface area (Å²) in [6.45, 7) is 2.61. The topological polar surface area (TPSA) is 47.6 Å². The predicted molar refractivity (Wildman–Crippen MR) is 62.6 cm³/mol. The van der Waals surface area contributed by atoms with Gasteiger partial charge in [0, 0.05) is 18.5 Å². The molecule has 0 saturated carbocycles. The van der Waals surface area contributed by atoms with Crippen molar-refractivity contribution in [2.24, 2.45) is 0 Å². The molecule has 0 spiro atoms. The van der Waals surface area contributed by atoms with Gasteiger partial charge in [0.1, 0.15) is 5.75 Å². The van der Waals surface area contributed by atoms with Gasteiger partial charge in [0.15, 0.2) is 5.78 Å². The van der Waals surface area contributed by atoms with Gasteiger partial charge in [0.2, 0.25) is 0 Å². The number of ketones is 1. The van der Waals surface area contributed by atoms with E-state index in [0.717, 1.165) is 36.4 Å². The standard InChI is InChI=1S/C13H15NO3/c15-13(11-8-16-6-4-14-11)10-1-2-12-9(7-10)3-5-17-12/h1-2,7,11,14H,3-6,8H2. The highest BCUT2D eigenvalue weighted by atomic mass is 16.5. The second kappa shape index (κ2) is 4.47. The van der Waals surface area contributed by atoms with Crippen LogP contribution in [0.2, 0.25) is 0 Å². The zero-order chi connectivity index (χ0) is 11.7. The third-order valence-corrected chi connectivity index (χ3v) is 3.21. The number of carbonyl (C=O) groups is 1. The van der Waals surface area contributed by atoms with E-state index >= 15 is 0 Å². The van der Waals surface area contributed by atoms with Crippen molar-refractivity contribution in [3.8, 4) is 5.75 Å². The van der Waals surface area contributed by atoms with Crippen LogP contribution < -0.4 is 10.1 Å². The van der Waals surface area contributed by atoms with E-state index in [1.807, 2.05) is 18.2 Å². The van der Waals surface area contributed by atoms with Crippen molar-refractivity contribution in [2.45, 2.75) is 12.5 Å². The molecular weight excluding hydrogens is 218 g/mol. The maximum Gasteiger partial charge on any atom is 0.182 e. The van der Waals surface area contributed by atoms with Crippen LogP contribution in [0.4, 0.5) is 0 Å². The molecule has 1 unspecified atom stereocenters. The molecule has 0 bridgehead atoms. The third-order valence-electron chi connectivity index (χ3n) is 3.21. The van der Waals surface area contributed by atoms with Crippen molar-refractivity contribution in [3.63, 3.8) is 0 Å². The van der Waals surface area contributed by atoms with Crippen LogP contribution >= 0.6 is 0 Å². The first-order valence-corrected chi connectivity index (χ1v) is 5.96. The molecule has 2 aliphatic rings. The summed E-state index contributed by atoms with van der Waals surface area (Å²) < 4.78 is 10.7. The number of carbonyl (C=O) groups excluding carboxylic acids is 1. The van der Waals surface area contributed by atoms with Crippen LogP contribution in [0, 0.1) is 0 Å². The molecule has 1 saturated heterocycles. The van der Waals surface area contributed by atoms with Gasteiger partial charge in [-0.3, -0.25) is 4.79 Å². The number of nitrogens with one attached hydrogen (secondary N) is 1. The highest BCUT2D eigenvalue weighted by Gasteiger charge is 2.23. The van der Waals surface area contributed by atoms with Gasteiger partial charge in [0.05, 0.1) is 25.9 Å². The van der Waals surface area contributed by atoms with Crippen molar-refractivity contribution in [1.29, 1.82) is 0 Å². The highest BCUT2D eigenvalue weighted by Crippen LogP contribution is 2.26. The summed E-state index contributed by atoms with van der Waals surface area (Å²) in [5.74, 6) is 1.02. The van der Waals surface area contributed by atoms with Crippen LogP contribution in [-0.4, -0.2) is 38.2 Å². The van der Waals surface area contributed by atoms with Gasteiger partial charge in [-0.25, -0.2) is 0 Å². The lowest BCUT2D eigenvalue weighted by molar-refractivity contribution is 0.0607. The Balaban J connectivity index is 1.81. The molecule has 2 aliphatic heterocycles. The molecule has 0 radical (unpaired) electrons. The van der Waals surface area contributed by atoms with E-state index in [9.17, 15) is 4.79 Å². The van der Waals surface area contributed by atoms with Gasteiger partial charge in [0.25, 0.3) is 0 Å². The fourth-order valence-corrected chi connectivity index (χ4v) is 2.27. The Hall–Kier alpha value is -1.39. The quantitative estimate of drug-likeness (QED) is 0.767. The molecule has 0 aliphatic carbocycles. The molecule has 0 aromatic heterocycles. The normalized spacial score (nSPS) is 22.9. The van der Waals surface area contributed by atoms with E-state index in [1.165, 1.54) is 0 Å². The van der Waals surface area contributed by atoms with Crippen molar-refractivity contribution in [2.75, 3.05) is 26.4 Å². The smallest absolute Gasteiger partial charge is 0.182 e. The summed E-state index contributed by atoms with van der Waals surface area (Å²) >= 11 is 0. The van der Waals surface area contributed by atoms with Gasteiger partial charge in [-0.15, -0.1) is 0 Å². The van der Waals surface area contributed by atoms with Crippen LogP contribution in [0.5, 0.6) is 5.75 Å². The Labute approximate surface area is 99.9 Å². The summed E-state index contributed by atoms with van der Waals surface area (Å²) in [5, 5.41) is 3.18. The molecule has 2 heterocycles. The molecule has 90 valence electrons. The molecule has 1 fully saturated rings. The molecule has 1 aromatic rings. The molecule has 1 aromatic carbocycles. The maximum atomic E-state index is 12.2. The molecule has 4 nitrogen and oxygen atoms in total. The van der Waals surface area contributed by atoms with Crippen molar-refractivity contribution < 1.29 is 14.3 Å². The zero-order valence-corrected chi connectivity index (χ0v) is 9.57. The lowest BCUT2D eigenvalue weighted by atomic mass is 10.0. The average Bonchev–Trinajstić information content (AvgIpc) is 2.86. The molecular formula is C13H15NO3. The SMILES string of the molecule is O=C(c1ccc2c(c1)CCO2)C1COCCN1. The Bertz CT molecular complexity index is 438. The Morgan fingerprint density at radius 1 is 1.35 bits per heavy atom. The molecule has 4 heteroatoms. The minimum Gasteiger partial charge on any atom is -0.493 e. The number of rotatable bonds is 2.